The second-order valence-corrected chi connectivity index (χ2v) is 6.43. The lowest BCUT2D eigenvalue weighted by molar-refractivity contribution is -0.131. The van der Waals surface area contributed by atoms with E-state index in [-0.39, 0.29) is 18.7 Å². The van der Waals surface area contributed by atoms with Gasteiger partial charge in [0, 0.05) is 6.54 Å². The molecule has 4 rings (SSSR count). The molecular formula is C17H22N2O3. The van der Waals surface area contributed by atoms with Crippen molar-refractivity contribution in [2.24, 2.45) is 5.92 Å². The molecule has 1 amide bonds. The Kier molecular flexibility index (Phi) is 3.66. The van der Waals surface area contributed by atoms with E-state index in [9.17, 15) is 4.79 Å². The predicted octanol–water partition coefficient (Wildman–Crippen LogP) is 2.08. The molecule has 1 N–H and O–H groups in total. The normalized spacial score (nSPS) is 23.1. The van der Waals surface area contributed by atoms with Crippen LogP contribution in [0, 0.1) is 5.92 Å². The van der Waals surface area contributed by atoms with Gasteiger partial charge in [0.1, 0.15) is 0 Å². The van der Waals surface area contributed by atoms with Crippen LogP contribution >= 0.6 is 0 Å². The lowest BCUT2D eigenvalue weighted by Crippen LogP contribution is -2.38. The van der Waals surface area contributed by atoms with Crippen LogP contribution in [-0.2, 0) is 4.79 Å². The number of carbonyl (C=O) groups is 1. The summed E-state index contributed by atoms with van der Waals surface area (Å²) in [6, 6.07) is 6.20. The van der Waals surface area contributed by atoms with Crippen LogP contribution in [0.2, 0.25) is 0 Å². The van der Waals surface area contributed by atoms with Crippen molar-refractivity contribution >= 4 is 5.91 Å². The van der Waals surface area contributed by atoms with Crippen molar-refractivity contribution in [3.63, 3.8) is 0 Å². The van der Waals surface area contributed by atoms with E-state index in [1.54, 1.807) is 0 Å². The number of nitrogens with zero attached hydrogens (tertiary/aromatic N) is 1. The predicted molar refractivity (Wildman–Crippen MR) is 81.8 cm³/mol. The molecule has 2 fully saturated rings. The van der Waals surface area contributed by atoms with Crippen molar-refractivity contribution < 1.29 is 14.3 Å². The molecule has 0 radical (unpaired) electrons. The summed E-state index contributed by atoms with van der Waals surface area (Å²) in [4.78, 5) is 14.5. The maximum absolute atomic E-state index is 12.5. The molecule has 5 nitrogen and oxygen atoms in total. The topological polar surface area (TPSA) is 50.8 Å². The molecule has 22 heavy (non-hydrogen) atoms. The molecule has 1 saturated carbocycles. The third-order valence-electron chi connectivity index (χ3n) is 4.76. The summed E-state index contributed by atoms with van der Waals surface area (Å²) in [6.45, 7) is 2.58. The van der Waals surface area contributed by atoms with E-state index in [2.05, 4.69) is 11.4 Å². The minimum absolute atomic E-state index is 0.171. The van der Waals surface area contributed by atoms with Crippen molar-refractivity contribution in [2.75, 3.05) is 26.4 Å². The van der Waals surface area contributed by atoms with Gasteiger partial charge in [-0.2, -0.15) is 0 Å². The van der Waals surface area contributed by atoms with E-state index in [4.69, 9.17) is 9.47 Å². The van der Waals surface area contributed by atoms with Crippen molar-refractivity contribution in [1.29, 1.82) is 0 Å². The average Bonchev–Trinajstić information content (AvgIpc) is 3.04. The minimum atomic E-state index is 0.171. The van der Waals surface area contributed by atoms with E-state index in [1.807, 2.05) is 17.0 Å². The monoisotopic (exact) mass is 302 g/mol. The van der Waals surface area contributed by atoms with Gasteiger partial charge in [0.05, 0.1) is 12.6 Å². The zero-order valence-corrected chi connectivity index (χ0v) is 12.7. The van der Waals surface area contributed by atoms with E-state index < -0.39 is 0 Å². The highest BCUT2D eigenvalue weighted by atomic mass is 16.7. The first kappa shape index (κ1) is 13.9. The molecule has 0 bridgehead atoms. The Bertz CT molecular complexity index is 571. The van der Waals surface area contributed by atoms with E-state index >= 15 is 0 Å². The van der Waals surface area contributed by atoms with Gasteiger partial charge in [0.25, 0.3) is 0 Å². The summed E-state index contributed by atoms with van der Waals surface area (Å²) in [6.07, 6.45) is 4.71. The molecule has 3 aliphatic rings. The zero-order valence-electron chi connectivity index (χ0n) is 12.7. The number of rotatable bonds is 5. The Morgan fingerprint density at radius 3 is 2.95 bits per heavy atom. The molecule has 1 saturated heterocycles. The molecule has 2 heterocycles. The Morgan fingerprint density at radius 1 is 1.23 bits per heavy atom. The minimum Gasteiger partial charge on any atom is -0.454 e. The second-order valence-electron chi connectivity index (χ2n) is 6.43. The molecule has 1 aromatic carbocycles. The van der Waals surface area contributed by atoms with Crippen LogP contribution in [0.15, 0.2) is 18.2 Å². The molecule has 1 atom stereocenters. The molecule has 1 aliphatic carbocycles. The Labute approximate surface area is 130 Å². The van der Waals surface area contributed by atoms with Crippen LogP contribution in [0.4, 0.5) is 0 Å². The van der Waals surface area contributed by atoms with E-state index in [1.165, 1.54) is 12.8 Å². The fourth-order valence-corrected chi connectivity index (χ4v) is 3.34. The number of nitrogens with one attached hydrogen (secondary N) is 1. The van der Waals surface area contributed by atoms with Crippen LogP contribution in [0.3, 0.4) is 0 Å². The summed E-state index contributed by atoms with van der Waals surface area (Å²) >= 11 is 0. The van der Waals surface area contributed by atoms with Gasteiger partial charge >= 0.3 is 0 Å². The van der Waals surface area contributed by atoms with Gasteiger partial charge < -0.3 is 19.7 Å². The first-order chi connectivity index (χ1) is 10.8. The maximum Gasteiger partial charge on any atom is 0.237 e. The lowest BCUT2D eigenvalue weighted by Gasteiger charge is -2.25. The quantitative estimate of drug-likeness (QED) is 0.905. The third kappa shape index (κ3) is 2.77. The van der Waals surface area contributed by atoms with Gasteiger partial charge in [0.2, 0.25) is 12.7 Å². The number of ether oxygens (including phenoxy) is 2. The Morgan fingerprint density at radius 2 is 2.09 bits per heavy atom. The fraction of sp³-hybridized carbons (Fsp3) is 0.588. The van der Waals surface area contributed by atoms with Crippen LogP contribution in [0.1, 0.15) is 37.3 Å². The van der Waals surface area contributed by atoms with E-state index in [0.29, 0.717) is 6.54 Å². The van der Waals surface area contributed by atoms with Crippen LogP contribution in [0.25, 0.3) is 0 Å². The average molecular weight is 302 g/mol. The SMILES string of the molecule is O=C(CNCC1CC1)N1CCCC1c1ccc2c(c1)OCO2. The van der Waals surface area contributed by atoms with Crippen molar-refractivity contribution in [3.05, 3.63) is 23.8 Å². The highest BCUT2D eigenvalue weighted by Crippen LogP contribution is 2.38. The number of hydrogen-bond acceptors (Lipinski definition) is 4. The van der Waals surface area contributed by atoms with Gasteiger partial charge in [-0.3, -0.25) is 4.79 Å². The molecule has 0 spiro atoms. The summed E-state index contributed by atoms with van der Waals surface area (Å²) in [5, 5.41) is 3.30. The summed E-state index contributed by atoms with van der Waals surface area (Å²) in [5.74, 6) is 2.60. The summed E-state index contributed by atoms with van der Waals surface area (Å²) in [5.41, 5.74) is 1.15. The lowest BCUT2D eigenvalue weighted by atomic mass is 10.0. The first-order valence-corrected chi connectivity index (χ1v) is 8.21. The number of hydrogen-bond donors (Lipinski definition) is 1. The van der Waals surface area contributed by atoms with E-state index in [0.717, 1.165) is 48.9 Å². The van der Waals surface area contributed by atoms with Crippen LogP contribution < -0.4 is 14.8 Å². The molecule has 2 aliphatic heterocycles. The highest BCUT2D eigenvalue weighted by Gasteiger charge is 2.31. The highest BCUT2D eigenvalue weighted by molar-refractivity contribution is 5.79. The smallest absolute Gasteiger partial charge is 0.237 e. The molecule has 118 valence electrons. The van der Waals surface area contributed by atoms with Gasteiger partial charge in [-0.1, -0.05) is 6.07 Å². The third-order valence-corrected chi connectivity index (χ3v) is 4.76. The van der Waals surface area contributed by atoms with Gasteiger partial charge in [-0.15, -0.1) is 0 Å². The molecule has 1 unspecified atom stereocenters. The molecular weight excluding hydrogens is 280 g/mol. The second kappa shape index (κ2) is 5.80. The number of amides is 1. The Hall–Kier alpha value is -1.75. The standard InChI is InChI=1S/C17H22N2O3/c20-17(10-18-9-12-3-4-12)19-7-1-2-14(19)13-5-6-15-16(8-13)22-11-21-15/h5-6,8,12,14,18H,1-4,7,9-11H2. The van der Waals surface area contributed by atoms with Gasteiger partial charge in [-0.05, 0) is 55.8 Å². The van der Waals surface area contributed by atoms with Crippen molar-refractivity contribution in [1.82, 2.24) is 10.2 Å². The number of fused-ring (bicyclic) bond motifs is 1. The summed E-state index contributed by atoms with van der Waals surface area (Å²) in [7, 11) is 0. The van der Waals surface area contributed by atoms with Gasteiger partial charge in [-0.25, -0.2) is 0 Å². The number of benzene rings is 1. The fourth-order valence-electron chi connectivity index (χ4n) is 3.34. The van der Waals surface area contributed by atoms with Crippen molar-refractivity contribution in [2.45, 2.75) is 31.7 Å². The van der Waals surface area contributed by atoms with Crippen LogP contribution in [-0.4, -0.2) is 37.2 Å². The molecule has 1 aromatic rings. The number of carbonyl (C=O) groups excluding carboxylic acids is 1. The Balaban J connectivity index is 1.42. The molecule has 0 aromatic heterocycles. The maximum atomic E-state index is 12.5. The largest absolute Gasteiger partial charge is 0.454 e. The van der Waals surface area contributed by atoms with Gasteiger partial charge in [0.15, 0.2) is 11.5 Å². The van der Waals surface area contributed by atoms with Crippen molar-refractivity contribution in [3.8, 4) is 11.5 Å². The molecule has 5 heteroatoms. The first-order valence-electron chi connectivity index (χ1n) is 8.21. The summed E-state index contributed by atoms with van der Waals surface area (Å²) < 4.78 is 10.8. The zero-order chi connectivity index (χ0) is 14.9. The van der Waals surface area contributed by atoms with Crippen LogP contribution in [0.5, 0.6) is 11.5 Å². The number of likely N-dealkylation sites (tertiary alicyclic amines) is 1.